The van der Waals surface area contributed by atoms with Gasteiger partial charge in [0, 0.05) is 18.0 Å². The summed E-state index contributed by atoms with van der Waals surface area (Å²) in [6, 6.07) is 9.37. The molecule has 0 atom stereocenters. The fraction of sp³-hybridized carbons (Fsp3) is 0.406. The summed E-state index contributed by atoms with van der Waals surface area (Å²) in [5.41, 5.74) is -0.194. The van der Waals surface area contributed by atoms with Gasteiger partial charge in [-0.2, -0.15) is 18.2 Å². The van der Waals surface area contributed by atoms with Crippen molar-refractivity contribution < 1.29 is 45.1 Å². The molecular weight excluding hydrogens is 701 g/mol. The summed E-state index contributed by atoms with van der Waals surface area (Å²) in [5.74, 6) is -0.584. The fourth-order valence-electron chi connectivity index (χ4n) is 5.17. The number of halogens is 3. The van der Waals surface area contributed by atoms with Crippen molar-refractivity contribution in [2.75, 3.05) is 44.2 Å². The highest BCUT2D eigenvalue weighted by Gasteiger charge is 2.36. The van der Waals surface area contributed by atoms with Crippen LogP contribution in [-0.4, -0.2) is 48.1 Å². The lowest BCUT2D eigenvalue weighted by atomic mass is 10.1. The van der Waals surface area contributed by atoms with Crippen molar-refractivity contribution in [3.63, 3.8) is 0 Å². The van der Waals surface area contributed by atoms with Crippen LogP contribution >= 0.6 is 15.2 Å². The number of nitrogens with one attached hydrogen (secondary N) is 2. The minimum Gasteiger partial charge on any atom is -0.495 e. The molecule has 0 aliphatic carbocycles. The smallest absolute Gasteiger partial charge is 0.421 e. The highest BCUT2D eigenvalue weighted by molar-refractivity contribution is 7.53. The Balaban J connectivity index is 1.75. The Kier molecular flexibility index (Phi) is 12.9. The van der Waals surface area contributed by atoms with Gasteiger partial charge in [-0.15, -0.1) is 0 Å². The van der Waals surface area contributed by atoms with Gasteiger partial charge in [0.1, 0.15) is 23.4 Å². The number of fused-ring (bicyclic) bond motifs is 1. The van der Waals surface area contributed by atoms with Gasteiger partial charge in [0.15, 0.2) is 5.43 Å². The quantitative estimate of drug-likeness (QED) is 0.0997. The van der Waals surface area contributed by atoms with E-state index in [0.717, 1.165) is 0 Å². The number of aromatic nitrogens is 3. The van der Waals surface area contributed by atoms with Crippen molar-refractivity contribution in [2.45, 2.75) is 53.2 Å². The van der Waals surface area contributed by atoms with Crippen molar-refractivity contribution in [1.29, 1.82) is 0 Å². The van der Waals surface area contributed by atoms with Crippen molar-refractivity contribution in [3.8, 4) is 5.75 Å². The molecule has 0 unspecified atom stereocenters. The van der Waals surface area contributed by atoms with E-state index in [1.54, 1.807) is 58.9 Å². The molecule has 0 bridgehead atoms. The van der Waals surface area contributed by atoms with Crippen LogP contribution in [0.4, 0.5) is 36.3 Å². The molecule has 4 rings (SSSR count). The van der Waals surface area contributed by atoms with Crippen LogP contribution in [0.15, 0.2) is 53.6 Å². The van der Waals surface area contributed by atoms with E-state index in [0.29, 0.717) is 17.4 Å². The minimum absolute atomic E-state index is 0.0257. The molecule has 272 valence electrons. The first-order valence-corrected chi connectivity index (χ1v) is 19.2. The van der Waals surface area contributed by atoms with E-state index in [2.05, 4.69) is 20.6 Å². The second-order valence-corrected chi connectivity index (χ2v) is 14.8. The molecule has 2 aromatic heterocycles. The third-order valence-corrected chi connectivity index (χ3v) is 11.2. The third kappa shape index (κ3) is 9.30. The second kappa shape index (κ2) is 16.5. The van der Waals surface area contributed by atoms with Crippen LogP contribution in [0.1, 0.15) is 44.4 Å². The van der Waals surface area contributed by atoms with E-state index < -0.39 is 38.2 Å². The van der Waals surface area contributed by atoms with Crippen molar-refractivity contribution in [2.24, 2.45) is 0 Å². The van der Waals surface area contributed by atoms with E-state index >= 15 is 0 Å². The first-order chi connectivity index (χ1) is 23.7. The molecule has 0 saturated heterocycles. The maximum Gasteiger partial charge on any atom is 0.421 e. The van der Waals surface area contributed by atoms with E-state index in [4.69, 9.17) is 22.8 Å². The second-order valence-electron chi connectivity index (χ2n) is 10.7. The maximum atomic E-state index is 14.2. The topological polar surface area (TPSA) is 152 Å². The van der Waals surface area contributed by atoms with Gasteiger partial charge in [0.05, 0.1) is 62.0 Å². The van der Waals surface area contributed by atoms with Crippen LogP contribution in [0.2, 0.25) is 0 Å². The average Bonchev–Trinajstić information content (AvgIpc) is 3.04. The van der Waals surface area contributed by atoms with Crippen LogP contribution in [0, 0.1) is 6.92 Å². The Morgan fingerprint density at radius 2 is 1.52 bits per heavy atom. The minimum atomic E-state index is -4.86. The monoisotopic (exact) mass is 741 g/mol. The summed E-state index contributed by atoms with van der Waals surface area (Å²) in [6.45, 7) is 8.90. The molecule has 0 aliphatic rings. The lowest BCUT2D eigenvalue weighted by Crippen LogP contribution is -2.16. The van der Waals surface area contributed by atoms with Crippen molar-refractivity contribution >= 4 is 49.2 Å². The number of hydrogen-bond donors (Lipinski definition) is 2. The van der Waals surface area contributed by atoms with Gasteiger partial charge in [0.25, 0.3) is 0 Å². The Labute approximate surface area is 287 Å². The number of rotatable bonds is 17. The van der Waals surface area contributed by atoms with Crippen molar-refractivity contribution in [3.05, 3.63) is 75.7 Å². The summed E-state index contributed by atoms with van der Waals surface area (Å²) in [6.07, 6.45) is -3.01. The van der Waals surface area contributed by atoms with Gasteiger partial charge in [-0.25, -0.2) is 4.98 Å². The highest BCUT2D eigenvalue weighted by atomic mass is 31.2. The molecule has 2 N–H and O–H groups in total. The SMILES string of the molecule is CCOP(=O)(Cc1ccc(Nc2ncc(C(F)(F)F)c(Nc3cccc4c3c(=O)c(C)cn4CP(=O)(OCC)OCC)n2)c(OC)c1)OCC. The molecule has 0 radical (unpaired) electrons. The summed E-state index contributed by atoms with van der Waals surface area (Å²) >= 11 is 0. The van der Waals surface area contributed by atoms with Crippen LogP contribution in [-0.2, 0) is 45.8 Å². The average molecular weight is 742 g/mol. The molecule has 0 fully saturated rings. The molecule has 0 amide bonds. The number of ether oxygens (including phenoxy) is 1. The number of methoxy groups -OCH3 is 1. The van der Waals surface area contributed by atoms with E-state index in [1.807, 2.05) is 0 Å². The summed E-state index contributed by atoms with van der Waals surface area (Å²) in [5, 5.41) is 5.62. The number of anilines is 4. The Morgan fingerprint density at radius 1 is 0.880 bits per heavy atom. The summed E-state index contributed by atoms with van der Waals surface area (Å²) in [4.78, 5) is 21.5. The normalized spacial score (nSPS) is 12.3. The number of benzene rings is 2. The standard InChI is InChI=1S/C32H40F3N5O8P2/c1-7-45-49(42,46-8-2)19-22-14-15-24(27(16-22)44-6)38-31-36-17-23(32(33,34)35)30(39-31)37-25-12-11-13-26-28(25)29(41)21(5)18-40(26)20-50(43,47-9-3)48-10-4/h11-18H,7-10,19-20H2,1-6H3,(H2,36,37,38,39). The van der Waals surface area contributed by atoms with Crippen molar-refractivity contribution in [1.82, 2.24) is 14.5 Å². The zero-order valence-electron chi connectivity index (χ0n) is 28.5. The molecule has 2 aromatic carbocycles. The lowest BCUT2D eigenvalue weighted by Gasteiger charge is -2.21. The largest absolute Gasteiger partial charge is 0.495 e. The van der Waals surface area contributed by atoms with E-state index in [-0.39, 0.29) is 72.7 Å². The number of hydrogen-bond acceptors (Lipinski definition) is 12. The van der Waals surface area contributed by atoms with Crippen LogP contribution in [0.5, 0.6) is 5.75 Å². The number of alkyl halides is 3. The molecule has 0 spiro atoms. The Bertz CT molecular complexity index is 1960. The molecular formula is C32H40F3N5O8P2. The summed E-state index contributed by atoms with van der Waals surface area (Å²) in [7, 11) is -5.66. The molecule has 50 heavy (non-hydrogen) atoms. The first kappa shape index (κ1) is 39.0. The van der Waals surface area contributed by atoms with Crippen LogP contribution in [0.3, 0.4) is 0 Å². The number of nitrogens with zero attached hydrogens (tertiary/aromatic N) is 3. The predicted molar refractivity (Wildman–Crippen MR) is 185 cm³/mol. The fourth-order valence-corrected chi connectivity index (χ4v) is 8.49. The summed E-state index contributed by atoms with van der Waals surface area (Å²) < 4.78 is 97.8. The molecule has 13 nitrogen and oxygen atoms in total. The van der Waals surface area contributed by atoms with Gasteiger partial charge < -0.3 is 38.0 Å². The first-order valence-electron chi connectivity index (χ1n) is 15.7. The van der Waals surface area contributed by atoms with Gasteiger partial charge >= 0.3 is 21.4 Å². The van der Waals surface area contributed by atoms with Gasteiger partial charge in [0.2, 0.25) is 5.95 Å². The van der Waals surface area contributed by atoms with Gasteiger partial charge in [-0.1, -0.05) is 12.1 Å². The molecule has 0 saturated carbocycles. The van der Waals surface area contributed by atoms with Crippen LogP contribution in [0.25, 0.3) is 10.9 Å². The zero-order chi connectivity index (χ0) is 36.7. The lowest BCUT2D eigenvalue weighted by molar-refractivity contribution is -0.137. The zero-order valence-corrected chi connectivity index (χ0v) is 30.3. The van der Waals surface area contributed by atoms with Gasteiger partial charge in [-0.05, 0) is 64.4 Å². The molecule has 2 heterocycles. The molecule has 4 aromatic rings. The van der Waals surface area contributed by atoms with Gasteiger partial charge in [-0.3, -0.25) is 13.9 Å². The number of aryl methyl sites for hydroxylation is 1. The van der Waals surface area contributed by atoms with E-state index in [9.17, 15) is 27.1 Å². The molecule has 18 heteroatoms. The maximum absolute atomic E-state index is 14.2. The Morgan fingerprint density at radius 3 is 2.12 bits per heavy atom. The molecule has 0 aliphatic heterocycles. The third-order valence-electron chi connectivity index (χ3n) is 7.15. The van der Waals surface area contributed by atoms with Crippen LogP contribution < -0.4 is 20.8 Å². The Hall–Kier alpha value is -3.78. The highest BCUT2D eigenvalue weighted by Crippen LogP contribution is 2.52. The van der Waals surface area contributed by atoms with E-state index in [1.165, 1.54) is 30.0 Å². The predicted octanol–water partition coefficient (Wildman–Crippen LogP) is 8.60. The number of pyridine rings is 1.